The summed E-state index contributed by atoms with van der Waals surface area (Å²) in [6.07, 6.45) is 3.24. The highest BCUT2D eigenvalue weighted by Crippen LogP contribution is 2.22. The number of nitrogens with zero attached hydrogens (tertiary/aromatic N) is 6. The Morgan fingerprint density at radius 3 is 2.62 bits per heavy atom. The molecular weight excluding hydrogens is 416 g/mol. The molecule has 0 aliphatic carbocycles. The number of benzene rings is 1. The minimum Gasteiger partial charge on any atom is -0.461 e. The normalized spacial score (nSPS) is 15.0. The van der Waals surface area contributed by atoms with Crippen LogP contribution in [0.2, 0.25) is 0 Å². The second-order valence-corrected chi connectivity index (χ2v) is 7.82. The van der Waals surface area contributed by atoms with E-state index in [9.17, 15) is 8.78 Å². The van der Waals surface area contributed by atoms with Gasteiger partial charge in [0.05, 0.1) is 12.0 Å². The summed E-state index contributed by atoms with van der Waals surface area (Å²) in [5.74, 6) is 0.269. The highest BCUT2D eigenvalue weighted by atomic mass is 19.1. The van der Waals surface area contributed by atoms with Crippen LogP contribution < -0.4 is 10.6 Å². The molecule has 1 fully saturated rings. The Kier molecular flexibility index (Phi) is 5.44. The average molecular weight is 439 g/mol. The summed E-state index contributed by atoms with van der Waals surface area (Å²) in [4.78, 5) is 13.2. The van der Waals surface area contributed by atoms with Crippen molar-refractivity contribution in [2.24, 2.45) is 0 Å². The molecule has 0 spiro atoms. The van der Waals surface area contributed by atoms with Crippen LogP contribution in [-0.4, -0.2) is 57.2 Å². The average Bonchev–Trinajstić information content (AvgIpc) is 3.45. The van der Waals surface area contributed by atoms with E-state index in [1.165, 1.54) is 16.6 Å². The number of nitrogens with two attached hydrogens (primary N) is 1. The van der Waals surface area contributed by atoms with Crippen LogP contribution in [0.5, 0.6) is 0 Å². The lowest BCUT2D eigenvalue weighted by atomic mass is 10.2. The van der Waals surface area contributed by atoms with Crippen molar-refractivity contribution in [1.82, 2.24) is 24.5 Å². The van der Waals surface area contributed by atoms with E-state index in [2.05, 4.69) is 20.0 Å². The predicted octanol–water partition coefficient (Wildman–Crippen LogP) is 3.00. The smallest absolute Gasteiger partial charge is 0.223 e. The number of piperazine rings is 1. The van der Waals surface area contributed by atoms with Crippen molar-refractivity contribution >= 4 is 17.3 Å². The lowest BCUT2D eigenvalue weighted by Crippen LogP contribution is -2.47. The molecule has 0 atom stereocenters. The van der Waals surface area contributed by atoms with Gasteiger partial charge in [0.15, 0.2) is 11.4 Å². The maximum absolute atomic E-state index is 14.0. The van der Waals surface area contributed by atoms with E-state index in [4.69, 9.17) is 10.2 Å². The fourth-order valence-corrected chi connectivity index (χ4v) is 4.03. The Balaban J connectivity index is 1.16. The van der Waals surface area contributed by atoms with Gasteiger partial charge in [0, 0.05) is 44.0 Å². The van der Waals surface area contributed by atoms with Crippen LogP contribution in [0.15, 0.2) is 47.1 Å². The van der Waals surface area contributed by atoms with Gasteiger partial charge in [-0.1, -0.05) is 0 Å². The van der Waals surface area contributed by atoms with Crippen LogP contribution in [0, 0.1) is 11.6 Å². The number of hydrogen-bond donors (Lipinski definition) is 1. The lowest BCUT2D eigenvalue weighted by molar-refractivity contribution is 0.254. The lowest BCUT2D eigenvalue weighted by Gasteiger charge is -2.36. The number of fused-ring (bicyclic) bond motifs is 1. The summed E-state index contributed by atoms with van der Waals surface area (Å²) in [6.45, 7) is 3.95. The van der Waals surface area contributed by atoms with E-state index in [-0.39, 0.29) is 5.95 Å². The first-order chi connectivity index (χ1) is 15.6. The Morgan fingerprint density at radius 1 is 1.03 bits per heavy atom. The molecule has 1 aromatic carbocycles. The number of aryl methyl sites for hydroxylation is 1. The zero-order valence-electron chi connectivity index (χ0n) is 17.4. The van der Waals surface area contributed by atoms with Crippen molar-refractivity contribution in [3.63, 3.8) is 0 Å². The van der Waals surface area contributed by atoms with E-state index in [0.29, 0.717) is 36.0 Å². The van der Waals surface area contributed by atoms with Crippen molar-refractivity contribution in [1.29, 1.82) is 0 Å². The Bertz CT molecular complexity index is 1220. The van der Waals surface area contributed by atoms with Gasteiger partial charge in [-0.3, -0.25) is 4.90 Å². The molecule has 0 saturated carbocycles. The molecule has 10 heteroatoms. The molecule has 5 rings (SSSR count). The second-order valence-electron chi connectivity index (χ2n) is 7.82. The Labute approximate surface area is 183 Å². The molecule has 166 valence electrons. The van der Waals surface area contributed by atoms with E-state index in [0.717, 1.165) is 44.2 Å². The number of rotatable bonds is 6. The van der Waals surface area contributed by atoms with Gasteiger partial charge in [0.2, 0.25) is 11.8 Å². The Hall–Kier alpha value is -3.53. The maximum Gasteiger partial charge on any atom is 0.223 e. The third-order valence-electron chi connectivity index (χ3n) is 5.67. The van der Waals surface area contributed by atoms with Crippen LogP contribution >= 0.6 is 0 Å². The second kappa shape index (κ2) is 8.54. The highest BCUT2D eigenvalue weighted by Gasteiger charge is 2.20. The van der Waals surface area contributed by atoms with Crippen molar-refractivity contribution in [3.05, 3.63) is 60.0 Å². The molecular formula is C22H23F2N7O. The summed E-state index contributed by atoms with van der Waals surface area (Å²) in [5, 5.41) is 4.36. The van der Waals surface area contributed by atoms with E-state index in [1.54, 1.807) is 18.4 Å². The van der Waals surface area contributed by atoms with Gasteiger partial charge in [0.1, 0.15) is 11.6 Å². The summed E-state index contributed by atoms with van der Waals surface area (Å²) in [5.41, 5.74) is 8.03. The molecule has 0 amide bonds. The minimum absolute atomic E-state index is 0.290. The first-order valence-corrected chi connectivity index (χ1v) is 10.6. The van der Waals surface area contributed by atoms with Crippen molar-refractivity contribution in [2.75, 3.05) is 43.4 Å². The maximum atomic E-state index is 14.0. The van der Waals surface area contributed by atoms with Crippen molar-refractivity contribution in [3.8, 4) is 11.6 Å². The van der Waals surface area contributed by atoms with Crippen molar-refractivity contribution in [2.45, 2.75) is 12.8 Å². The Morgan fingerprint density at radius 2 is 1.88 bits per heavy atom. The number of aromatic nitrogens is 4. The molecule has 2 N–H and O–H groups in total. The summed E-state index contributed by atoms with van der Waals surface area (Å²) < 4.78 is 34.0. The van der Waals surface area contributed by atoms with Crippen LogP contribution in [0.25, 0.3) is 17.2 Å². The van der Waals surface area contributed by atoms with Gasteiger partial charge in [-0.2, -0.15) is 4.52 Å². The molecule has 0 radical (unpaired) electrons. The number of nitrogen functional groups attached to an aromatic ring is 1. The topological polar surface area (TPSA) is 88.7 Å². The summed E-state index contributed by atoms with van der Waals surface area (Å²) >= 11 is 0. The summed E-state index contributed by atoms with van der Waals surface area (Å²) in [7, 11) is 0. The van der Waals surface area contributed by atoms with E-state index in [1.807, 2.05) is 11.0 Å². The van der Waals surface area contributed by atoms with Gasteiger partial charge in [0.25, 0.3) is 0 Å². The van der Waals surface area contributed by atoms with Gasteiger partial charge in [-0.25, -0.2) is 18.7 Å². The van der Waals surface area contributed by atoms with Crippen LogP contribution in [0.4, 0.5) is 20.4 Å². The predicted molar refractivity (Wildman–Crippen MR) is 116 cm³/mol. The quantitative estimate of drug-likeness (QED) is 0.494. The molecule has 1 aliphatic rings. The molecule has 32 heavy (non-hydrogen) atoms. The molecule has 1 aliphatic heterocycles. The van der Waals surface area contributed by atoms with E-state index >= 15 is 0 Å². The molecule has 3 aromatic heterocycles. The van der Waals surface area contributed by atoms with Gasteiger partial charge >= 0.3 is 0 Å². The molecule has 1 saturated heterocycles. The monoisotopic (exact) mass is 439 g/mol. The van der Waals surface area contributed by atoms with Gasteiger partial charge in [-0.05, 0) is 43.7 Å². The third kappa shape index (κ3) is 4.13. The molecule has 8 nitrogen and oxygen atoms in total. The zero-order valence-corrected chi connectivity index (χ0v) is 17.4. The largest absolute Gasteiger partial charge is 0.461 e. The van der Waals surface area contributed by atoms with Crippen LogP contribution in [0.3, 0.4) is 0 Å². The van der Waals surface area contributed by atoms with Gasteiger partial charge in [-0.15, -0.1) is 5.10 Å². The standard InChI is InChI=1S/C22H23F2N7O/c23-15-5-6-18(17(24)13-15)30-10-8-29(9-11-30)7-1-3-16-14-20-27-21(19-4-2-12-32-19)28-31(20)22(25)26-16/h2,4-6,12-14H,1,3,7-11H2,(H2,25,26). The van der Waals surface area contributed by atoms with Gasteiger partial charge < -0.3 is 15.1 Å². The van der Waals surface area contributed by atoms with Crippen molar-refractivity contribution < 1.29 is 13.2 Å². The minimum atomic E-state index is -0.555. The fraction of sp³-hybridized carbons (Fsp3) is 0.318. The number of anilines is 2. The summed E-state index contributed by atoms with van der Waals surface area (Å²) in [6, 6.07) is 9.21. The van der Waals surface area contributed by atoms with E-state index < -0.39 is 11.6 Å². The molecule has 0 bridgehead atoms. The molecule has 4 aromatic rings. The SMILES string of the molecule is Nc1nc(CCCN2CCN(c3ccc(F)cc3F)CC2)cc2nc(-c3ccco3)nn12. The van der Waals surface area contributed by atoms with Crippen LogP contribution in [-0.2, 0) is 6.42 Å². The fourth-order valence-electron chi connectivity index (χ4n) is 4.03. The first-order valence-electron chi connectivity index (χ1n) is 10.6. The number of hydrogen-bond acceptors (Lipinski definition) is 7. The molecule has 0 unspecified atom stereocenters. The highest BCUT2D eigenvalue weighted by molar-refractivity contribution is 5.54. The third-order valence-corrected chi connectivity index (χ3v) is 5.67. The zero-order chi connectivity index (χ0) is 22.1. The first kappa shape index (κ1) is 20.4. The number of halogens is 2. The van der Waals surface area contributed by atoms with Crippen LogP contribution in [0.1, 0.15) is 12.1 Å². The number of furan rings is 1. The molecule has 4 heterocycles.